The lowest BCUT2D eigenvalue weighted by molar-refractivity contribution is -0.385. The Balaban J connectivity index is 0.00000144. The first-order chi connectivity index (χ1) is 7.75. The van der Waals surface area contributed by atoms with Crippen LogP contribution in [-0.2, 0) is 0 Å². The van der Waals surface area contributed by atoms with Crippen LogP contribution in [0.4, 0.5) is 17.2 Å². The lowest BCUT2D eigenvalue weighted by Crippen LogP contribution is -1.94. The van der Waals surface area contributed by atoms with Crippen molar-refractivity contribution < 1.29 is 4.92 Å². The predicted molar refractivity (Wildman–Crippen MR) is 67.3 cm³/mol. The Bertz CT molecular complexity index is 483. The molecule has 5 nitrogen and oxygen atoms in total. The Morgan fingerprint density at radius 2 is 1.82 bits per heavy atom. The Morgan fingerprint density at radius 3 is 2.35 bits per heavy atom. The third-order valence-corrected chi connectivity index (χ3v) is 2.00. The Hall–Kier alpha value is -2.43. The zero-order valence-electron chi connectivity index (χ0n) is 8.33. The largest absolute Gasteiger partial charge is 0.340 e. The van der Waals surface area contributed by atoms with Crippen LogP contribution in [0.15, 0.2) is 48.7 Å². The van der Waals surface area contributed by atoms with Gasteiger partial charge >= 0.3 is 0 Å². The summed E-state index contributed by atoms with van der Waals surface area (Å²) in [7, 11) is 0. The predicted octanol–water partition coefficient (Wildman–Crippen LogP) is 3.37. The molecule has 0 fully saturated rings. The van der Waals surface area contributed by atoms with E-state index < -0.39 is 4.92 Å². The van der Waals surface area contributed by atoms with Crippen LogP contribution in [0.5, 0.6) is 0 Å². The van der Waals surface area contributed by atoms with Crippen LogP contribution in [0.1, 0.15) is 7.43 Å². The third-order valence-electron chi connectivity index (χ3n) is 2.00. The molecule has 2 aromatic rings. The quantitative estimate of drug-likeness (QED) is 0.649. The van der Waals surface area contributed by atoms with Gasteiger partial charge in [-0.05, 0) is 18.2 Å². The monoisotopic (exact) mass is 231 g/mol. The van der Waals surface area contributed by atoms with E-state index >= 15 is 0 Å². The van der Waals surface area contributed by atoms with E-state index in [0.29, 0.717) is 5.82 Å². The molecule has 0 saturated carbocycles. The van der Waals surface area contributed by atoms with E-state index in [0.717, 1.165) is 5.69 Å². The molecule has 17 heavy (non-hydrogen) atoms. The van der Waals surface area contributed by atoms with Crippen LogP contribution in [0, 0.1) is 10.1 Å². The molecule has 1 heterocycles. The average Bonchev–Trinajstić information content (AvgIpc) is 2.31. The normalized spacial score (nSPS) is 9.18. The second-order valence-electron chi connectivity index (χ2n) is 3.15. The smallest absolute Gasteiger partial charge is 0.287 e. The van der Waals surface area contributed by atoms with Crippen LogP contribution in [0.3, 0.4) is 0 Å². The molecule has 0 spiro atoms. The molecule has 1 aromatic carbocycles. The lowest BCUT2D eigenvalue weighted by Gasteiger charge is -2.03. The Morgan fingerprint density at radius 1 is 1.12 bits per heavy atom. The van der Waals surface area contributed by atoms with Crippen molar-refractivity contribution in [2.75, 3.05) is 5.32 Å². The molecule has 0 amide bonds. The summed E-state index contributed by atoms with van der Waals surface area (Å²) < 4.78 is 0. The van der Waals surface area contributed by atoms with Crippen LogP contribution in [0.25, 0.3) is 0 Å². The highest BCUT2D eigenvalue weighted by atomic mass is 16.6. The van der Waals surface area contributed by atoms with Crippen molar-refractivity contribution in [2.45, 2.75) is 7.43 Å². The zero-order valence-corrected chi connectivity index (χ0v) is 8.33. The number of aromatic nitrogens is 1. The van der Waals surface area contributed by atoms with Gasteiger partial charge in [0.05, 0.1) is 4.92 Å². The topological polar surface area (TPSA) is 68.1 Å². The second-order valence-corrected chi connectivity index (χ2v) is 3.15. The summed E-state index contributed by atoms with van der Waals surface area (Å²) in [5.41, 5.74) is 0.877. The van der Waals surface area contributed by atoms with E-state index in [9.17, 15) is 10.1 Å². The maximum atomic E-state index is 10.4. The maximum Gasteiger partial charge on any atom is 0.287 e. The number of nitrogens with zero attached hydrogens (tertiary/aromatic N) is 2. The van der Waals surface area contributed by atoms with Crippen molar-refractivity contribution in [1.29, 1.82) is 0 Å². The minimum absolute atomic E-state index is 0. The molecule has 0 unspecified atom stereocenters. The fraction of sp³-hybridized carbons (Fsp3) is 0.0833. The van der Waals surface area contributed by atoms with Gasteiger partial charge in [0.1, 0.15) is 12.0 Å². The average molecular weight is 231 g/mol. The first-order valence-electron chi connectivity index (χ1n) is 4.68. The summed E-state index contributed by atoms with van der Waals surface area (Å²) in [6, 6.07) is 12.5. The van der Waals surface area contributed by atoms with E-state index in [-0.39, 0.29) is 13.1 Å². The van der Waals surface area contributed by atoms with Gasteiger partial charge in [0.2, 0.25) is 0 Å². The minimum Gasteiger partial charge on any atom is -0.340 e. The van der Waals surface area contributed by atoms with Gasteiger partial charge in [0.15, 0.2) is 0 Å². The van der Waals surface area contributed by atoms with Gasteiger partial charge in [-0.15, -0.1) is 0 Å². The molecule has 0 radical (unpaired) electrons. The summed E-state index contributed by atoms with van der Waals surface area (Å²) >= 11 is 0. The molecule has 1 N–H and O–H groups in total. The highest BCUT2D eigenvalue weighted by molar-refractivity contribution is 5.56. The van der Waals surface area contributed by atoms with Crippen molar-refractivity contribution >= 4 is 17.2 Å². The minimum atomic E-state index is -0.473. The standard InChI is InChI=1S/C11H9N3O2.CH4/c15-14(16)10-6-7-11(12-8-10)13-9-4-2-1-3-5-9;/h1-8H,(H,12,13);1H4. The molecular formula is C12H13N3O2. The highest BCUT2D eigenvalue weighted by Gasteiger charge is 2.04. The molecule has 2 rings (SSSR count). The number of para-hydroxylation sites is 1. The van der Waals surface area contributed by atoms with Gasteiger partial charge in [0, 0.05) is 11.8 Å². The molecule has 5 heteroatoms. The van der Waals surface area contributed by atoms with Crippen molar-refractivity contribution in [3.05, 3.63) is 58.8 Å². The van der Waals surface area contributed by atoms with E-state index in [1.54, 1.807) is 6.07 Å². The summed E-state index contributed by atoms with van der Waals surface area (Å²) in [6.07, 6.45) is 1.23. The summed E-state index contributed by atoms with van der Waals surface area (Å²) in [6.45, 7) is 0. The number of anilines is 2. The number of rotatable bonds is 3. The van der Waals surface area contributed by atoms with Crippen LogP contribution < -0.4 is 5.32 Å². The molecule has 0 atom stereocenters. The van der Waals surface area contributed by atoms with E-state index in [1.807, 2.05) is 30.3 Å². The number of hydrogen-bond donors (Lipinski definition) is 1. The fourth-order valence-corrected chi connectivity index (χ4v) is 1.24. The van der Waals surface area contributed by atoms with Crippen molar-refractivity contribution in [1.82, 2.24) is 4.98 Å². The zero-order chi connectivity index (χ0) is 11.4. The van der Waals surface area contributed by atoms with Gasteiger partial charge in [0.25, 0.3) is 5.69 Å². The maximum absolute atomic E-state index is 10.4. The number of benzene rings is 1. The van der Waals surface area contributed by atoms with E-state index in [2.05, 4.69) is 10.3 Å². The molecule has 0 aliphatic heterocycles. The summed E-state index contributed by atoms with van der Waals surface area (Å²) in [5, 5.41) is 13.5. The summed E-state index contributed by atoms with van der Waals surface area (Å²) in [4.78, 5) is 13.9. The van der Waals surface area contributed by atoms with Crippen molar-refractivity contribution in [2.24, 2.45) is 0 Å². The lowest BCUT2D eigenvalue weighted by atomic mass is 10.3. The third kappa shape index (κ3) is 3.27. The van der Waals surface area contributed by atoms with Gasteiger partial charge < -0.3 is 5.32 Å². The Labute approximate surface area is 99.3 Å². The molecule has 88 valence electrons. The fourth-order valence-electron chi connectivity index (χ4n) is 1.24. The van der Waals surface area contributed by atoms with Crippen LogP contribution in [0.2, 0.25) is 0 Å². The van der Waals surface area contributed by atoms with E-state index in [1.165, 1.54) is 12.3 Å². The van der Waals surface area contributed by atoms with Gasteiger partial charge in [-0.3, -0.25) is 10.1 Å². The molecule has 0 aliphatic rings. The van der Waals surface area contributed by atoms with E-state index in [4.69, 9.17) is 0 Å². The van der Waals surface area contributed by atoms with Gasteiger partial charge in [-0.1, -0.05) is 25.6 Å². The van der Waals surface area contributed by atoms with Crippen LogP contribution >= 0.6 is 0 Å². The SMILES string of the molecule is C.O=[N+]([O-])c1ccc(Nc2ccccc2)nc1. The Kier molecular flexibility index (Phi) is 4.16. The number of nitrogens with one attached hydrogen (secondary N) is 1. The second kappa shape index (κ2) is 5.60. The van der Waals surface area contributed by atoms with Crippen molar-refractivity contribution in [3.63, 3.8) is 0 Å². The molecule has 0 aliphatic carbocycles. The highest BCUT2D eigenvalue weighted by Crippen LogP contribution is 2.16. The number of pyridine rings is 1. The number of nitro groups is 1. The first kappa shape index (κ1) is 12.6. The summed E-state index contributed by atoms with van der Waals surface area (Å²) in [5.74, 6) is 0.580. The van der Waals surface area contributed by atoms with Crippen LogP contribution in [-0.4, -0.2) is 9.91 Å². The molecule has 0 saturated heterocycles. The van der Waals surface area contributed by atoms with Gasteiger partial charge in [-0.25, -0.2) is 4.98 Å². The number of hydrogen-bond acceptors (Lipinski definition) is 4. The van der Waals surface area contributed by atoms with Crippen molar-refractivity contribution in [3.8, 4) is 0 Å². The molecule has 0 bridgehead atoms. The van der Waals surface area contributed by atoms with Gasteiger partial charge in [-0.2, -0.15) is 0 Å². The molecular weight excluding hydrogens is 218 g/mol. The molecule has 1 aromatic heterocycles. The first-order valence-corrected chi connectivity index (χ1v) is 4.68.